The van der Waals surface area contributed by atoms with Crippen molar-refractivity contribution in [3.63, 3.8) is 0 Å². The average Bonchev–Trinajstić information content (AvgIpc) is 2.72. The molecule has 2 heterocycles. The first-order valence-corrected chi connectivity index (χ1v) is 5.90. The third-order valence-electron chi connectivity index (χ3n) is 2.80. The van der Waals surface area contributed by atoms with Crippen LogP contribution in [0.3, 0.4) is 0 Å². The lowest BCUT2D eigenvalue weighted by molar-refractivity contribution is -0.120. The number of nitrogens with zero attached hydrogens (tertiary/aromatic N) is 3. The van der Waals surface area contributed by atoms with Crippen molar-refractivity contribution in [3.05, 3.63) is 29.8 Å². The summed E-state index contributed by atoms with van der Waals surface area (Å²) >= 11 is 4.93. The Bertz CT molecular complexity index is 608. The molecule has 1 unspecified atom stereocenters. The minimum Gasteiger partial charge on any atom is -0.300 e. The van der Waals surface area contributed by atoms with Gasteiger partial charge < -0.3 is 5.32 Å². The number of nitrogens with one attached hydrogen (secondary N) is 1. The predicted octanol–water partition coefficient (Wildman–Crippen LogP) is 1.23. The monoisotopic (exact) mass is 258 g/mol. The van der Waals surface area contributed by atoms with E-state index in [1.807, 2.05) is 31.2 Å². The first-order chi connectivity index (χ1) is 8.65. The summed E-state index contributed by atoms with van der Waals surface area (Å²) in [6, 6.07) is 7.85. The van der Waals surface area contributed by atoms with E-state index in [0.717, 1.165) is 11.3 Å². The smallest absolute Gasteiger partial charge is 0.242 e. The number of amidine groups is 1. The molecule has 1 aromatic rings. The van der Waals surface area contributed by atoms with Gasteiger partial charge in [0, 0.05) is 6.21 Å². The lowest BCUT2D eigenvalue weighted by Gasteiger charge is -2.21. The number of hydrazone groups is 1. The molecular formula is C12H10N4OS. The van der Waals surface area contributed by atoms with Crippen LogP contribution in [-0.4, -0.2) is 23.1 Å². The fourth-order valence-electron chi connectivity index (χ4n) is 1.97. The second-order valence-electron chi connectivity index (χ2n) is 4.16. The largest absolute Gasteiger partial charge is 0.300 e. The summed E-state index contributed by atoms with van der Waals surface area (Å²) in [6.07, 6.45) is 1.58. The van der Waals surface area contributed by atoms with Gasteiger partial charge in [0.2, 0.25) is 11.0 Å². The van der Waals surface area contributed by atoms with Gasteiger partial charge in [0.25, 0.3) is 0 Å². The molecule has 0 aromatic heterocycles. The molecule has 0 saturated heterocycles. The highest BCUT2D eigenvalue weighted by atomic mass is 32.1. The molecule has 5 nitrogen and oxygen atoms in total. The van der Waals surface area contributed by atoms with E-state index in [1.54, 1.807) is 11.2 Å². The van der Waals surface area contributed by atoms with Crippen LogP contribution in [0.2, 0.25) is 0 Å². The zero-order valence-corrected chi connectivity index (χ0v) is 10.4. The van der Waals surface area contributed by atoms with E-state index >= 15 is 0 Å². The number of carbonyl (C=O) groups excluding carboxylic acids is 1. The zero-order valence-electron chi connectivity index (χ0n) is 9.62. The Balaban J connectivity index is 2.03. The van der Waals surface area contributed by atoms with Gasteiger partial charge in [0.15, 0.2) is 5.84 Å². The Hall–Kier alpha value is -2.08. The van der Waals surface area contributed by atoms with E-state index in [0.29, 0.717) is 5.84 Å². The van der Waals surface area contributed by atoms with Crippen molar-refractivity contribution in [2.45, 2.75) is 6.92 Å². The highest BCUT2D eigenvalue weighted by Crippen LogP contribution is 2.24. The van der Waals surface area contributed by atoms with Crippen LogP contribution < -0.4 is 10.3 Å². The van der Waals surface area contributed by atoms with Crippen molar-refractivity contribution in [1.29, 1.82) is 0 Å². The van der Waals surface area contributed by atoms with Gasteiger partial charge in [-0.1, -0.05) is 12.1 Å². The highest BCUT2D eigenvalue weighted by molar-refractivity contribution is 7.80. The molecule has 18 heavy (non-hydrogen) atoms. The van der Waals surface area contributed by atoms with Crippen LogP contribution in [0.1, 0.15) is 5.56 Å². The summed E-state index contributed by atoms with van der Waals surface area (Å²) in [5.41, 5.74) is 2.00. The molecule has 0 saturated carbocycles. The third-order valence-corrected chi connectivity index (χ3v) is 2.99. The molecule has 0 spiro atoms. The summed E-state index contributed by atoms with van der Waals surface area (Å²) in [7, 11) is 0. The molecule has 0 aliphatic carbocycles. The molecule has 2 aliphatic heterocycles. The number of anilines is 1. The first kappa shape index (κ1) is 11.0. The molecule has 1 N–H and O–H groups in total. The highest BCUT2D eigenvalue weighted by Gasteiger charge is 2.36. The Morgan fingerprint density at radius 2 is 2.28 bits per heavy atom. The Morgan fingerprint density at radius 3 is 3.06 bits per heavy atom. The first-order valence-electron chi connectivity index (χ1n) is 5.49. The number of carbonyl (C=O) groups is 1. The molecule has 6 heteroatoms. The van der Waals surface area contributed by atoms with E-state index in [9.17, 15) is 4.79 Å². The minimum absolute atomic E-state index is 0.177. The molecule has 2 aliphatic rings. The van der Waals surface area contributed by atoms with Crippen LogP contribution in [0.15, 0.2) is 34.4 Å². The number of benzene rings is 1. The molecule has 0 bridgehead atoms. The van der Waals surface area contributed by atoms with Crippen LogP contribution in [0, 0.1) is 12.8 Å². The van der Waals surface area contributed by atoms with E-state index in [-0.39, 0.29) is 11.0 Å². The van der Waals surface area contributed by atoms with Gasteiger partial charge in [0.1, 0.15) is 5.92 Å². The van der Waals surface area contributed by atoms with Gasteiger partial charge >= 0.3 is 0 Å². The topological polar surface area (TPSA) is 57.1 Å². The number of rotatable bonds is 1. The van der Waals surface area contributed by atoms with Crippen molar-refractivity contribution in [3.8, 4) is 0 Å². The summed E-state index contributed by atoms with van der Waals surface area (Å²) in [5.74, 6) is -0.0598. The number of thiocarbonyl (C=S) groups is 1. The van der Waals surface area contributed by atoms with Gasteiger partial charge in [0.05, 0.1) is 5.69 Å². The average molecular weight is 258 g/mol. The summed E-state index contributed by atoms with van der Waals surface area (Å²) in [5, 5.41) is 8.60. The van der Waals surface area contributed by atoms with Gasteiger partial charge in [-0.25, -0.2) is 10.0 Å². The molecule has 90 valence electrons. The van der Waals surface area contributed by atoms with E-state index in [4.69, 9.17) is 12.2 Å². The Morgan fingerprint density at radius 1 is 1.44 bits per heavy atom. The molecule has 0 radical (unpaired) electrons. The predicted molar refractivity (Wildman–Crippen MR) is 73.8 cm³/mol. The van der Waals surface area contributed by atoms with E-state index < -0.39 is 5.92 Å². The standard InChI is InChI=1S/C12H10N4OS/c1-7-3-2-4-8(5-7)16-10-9(6-13-16)11(17)15-12(18)14-10/h2-6,9H,1H3,(H,15,17,18). The lowest BCUT2D eigenvalue weighted by atomic mass is 10.1. The molecule has 1 aromatic carbocycles. The van der Waals surface area contributed by atoms with Crippen molar-refractivity contribution >= 4 is 41.0 Å². The SMILES string of the molecule is Cc1cccc(N2N=CC3C(=O)NC(=S)N=C32)c1. The number of aliphatic imine (C=N–C) groups is 1. The second-order valence-corrected chi connectivity index (χ2v) is 4.54. The van der Waals surface area contributed by atoms with E-state index in [1.165, 1.54) is 0 Å². The third kappa shape index (κ3) is 1.70. The number of fused-ring (bicyclic) bond motifs is 1. The van der Waals surface area contributed by atoms with Crippen LogP contribution in [0.25, 0.3) is 0 Å². The molecule has 0 fully saturated rings. The van der Waals surface area contributed by atoms with Crippen molar-refractivity contribution in [1.82, 2.24) is 5.32 Å². The molecule has 3 rings (SSSR count). The summed E-state index contributed by atoms with van der Waals surface area (Å²) < 4.78 is 0. The van der Waals surface area contributed by atoms with Crippen LogP contribution in [0.4, 0.5) is 5.69 Å². The minimum atomic E-state index is -0.447. The maximum absolute atomic E-state index is 11.7. The quantitative estimate of drug-likeness (QED) is 0.771. The zero-order chi connectivity index (χ0) is 12.7. The van der Waals surface area contributed by atoms with Crippen LogP contribution >= 0.6 is 12.2 Å². The molecule has 1 atom stereocenters. The van der Waals surface area contributed by atoms with E-state index in [2.05, 4.69) is 15.4 Å². The number of hydrogen-bond donors (Lipinski definition) is 1. The van der Waals surface area contributed by atoms with Crippen molar-refractivity contribution in [2.75, 3.05) is 5.01 Å². The lowest BCUT2D eigenvalue weighted by Crippen LogP contribution is -2.45. The number of amides is 1. The van der Waals surface area contributed by atoms with Gasteiger partial charge in [-0.15, -0.1) is 0 Å². The van der Waals surface area contributed by atoms with Gasteiger partial charge in [-0.2, -0.15) is 5.10 Å². The van der Waals surface area contributed by atoms with Crippen molar-refractivity contribution in [2.24, 2.45) is 16.0 Å². The Labute approximate surface area is 109 Å². The Kier molecular flexibility index (Phi) is 2.45. The number of aryl methyl sites for hydroxylation is 1. The number of hydrogen-bond acceptors (Lipinski definition) is 4. The van der Waals surface area contributed by atoms with Gasteiger partial charge in [-0.05, 0) is 36.8 Å². The van der Waals surface area contributed by atoms with Crippen LogP contribution in [-0.2, 0) is 4.79 Å². The maximum Gasteiger partial charge on any atom is 0.242 e. The van der Waals surface area contributed by atoms with Crippen molar-refractivity contribution < 1.29 is 4.79 Å². The summed E-state index contributed by atoms with van der Waals surface area (Å²) in [6.45, 7) is 2.00. The fourth-order valence-corrected chi connectivity index (χ4v) is 2.16. The summed E-state index contributed by atoms with van der Waals surface area (Å²) in [4.78, 5) is 15.9. The normalized spacial score (nSPS) is 21.7. The van der Waals surface area contributed by atoms with Crippen LogP contribution in [0.5, 0.6) is 0 Å². The maximum atomic E-state index is 11.7. The molecule has 1 amide bonds. The second kappa shape index (κ2) is 3.99. The van der Waals surface area contributed by atoms with Gasteiger partial charge in [-0.3, -0.25) is 4.79 Å². The molecular weight excluding hydrogens is 248 g/mol. The fraction of sp³-hybridized carbons (Fsp3) is 0.167.